The van der Waals surface area contributed by atoms with E-state index in [0.717, 1.165) is 22.2 Å². The number of hydrogen-bond acceptors (Lipinski definition) is 4. The molecular formula is C14H17N3OS. The van der Waals surface area contributed by atoms with Gasteiger partial charge in [0.25, 0.3) is 0 Å². The SMILES string of the molecule is CCC(C)Sc1c(/C(N)=N/O)cnc2ccccc12. The summed E-state index contributed by atoms with van der Waals surface area (Å²) in [7, 11) is 0. The van der Waals surface area contributed by atoms with Crippen molar-refractivity contribution in [1.29, 1.82) is 0 Å². The highest BCUT2D eigenvalue weighted by Crippen LogP contribution is 2.34. The number of benzene rings is 1. The number of para-hydroxylation sites is 1. The molecule has 5 heteroatoms. The number of hydrogen-bond donors (Lipinski definition) is 2. The van der Waals surface area contributed by atoms with Crippen LogP contribution in [-0.4, -0.2) is 21.3 Å². The number of nitrogens with zero attached hydrogens (tertiary/aromatic N) is 2. The predicted molar refractivity (Wildman–Crippen MR) is 79.9 cm³/mol. The van der Waals surface area contributed by atoms with Crippen LogP contribution in [0.3, 0.4) is 0 Å². The third-order valence-electron chi connectivity index (χ3n) is 3.00. The second-order valence-corrected chi connectivity index (χ2v) is 5.79. The van der Waals surface area contributed by atoms with Crippen LogP contribution in [0.4, 0.5) is 0 Å². The molecule has 0 bridgehead atoms. The fraction of sp³-hybridized carbons (Fsp3) is 0.286. The summed E-state index contributed by atoms with van der Waals surface area (Å²) >= 11 is 1.73. The molecule has 0 amide bonds. The van der Waals surface area contributed by atoms with Gasteiger partial charge in [0.15, 0.2) is 5.84 Å². The van der Waals surface area contributed by atoms with Crippen LogP contribution in [0.15, 0.2) is 40.5 Å². The number of rotatable bonds is 4. The first-order valence-corrected chi connectivity index (χ1v) is 7.07. The van der Waals surface area contributed by atoms with E-state index in [4.69, 9.17) is 10.9 Å². The molecule has 1 aromatic heterocycles. The van der Waals surface area contributed by atoms with E-state index in [2.05, 4.69) is 24.0 Å². The highest BCUT2D eigenvalue weighted by molar-refractivity contribution is 8.00. The van der Waals surface area contributed by atoms with Crippen LogP contribution in [0.1, 0.15) is 25.8 Å². The fourth-order valence-corrected chi connectivity index (χ4v) is 2.92. The van der Waals surface area contributed by atoms with E-state index in [9.17, 15) is 0 Å². The third kappa shape index (κ3) is 2.81. The summed E-state index contributed by atoms with van der Waals surface area (Å²) in [5.74, 6) is 0.101. The number of aromatic nitrogens is 1. The number of pyridine rings is 1. The smallest absolute Gasteiger partial charge is 0.172 e. The summed E-state index contributed by atoms with van der Waals surface area (Å²) in [6.45, 7) is 4.31. The van der Waals surface area contributed by atoms with Crippen LogP contribution in [-0.2, 0) is 0 Å². The number of thioether (sulfide) groups is 1. The highest BCUT2D eigenvalue weighted by atomic mass is 32.2. The number of oxime groups is 1. The molecule has 3 N–H and O–H groups in total. The molecule has 0 radical (unpaired) electrons. The van der Waals surface area contributed by atoms with Crippen molar-refractivity contribution in [2.45, 2.75) is 30.4 Å². The Labute approximate surface area is 116 Å². The zero-order valence-electron chi connectivity index (χ0n) is 11.0. The van der Waals surface area contributed by atoms with Gasteiger partial charge >= 0.3 is 0 Å². The summed E-state index contributed by atoms with van der Waals surface area (Å²) in [6, 6.07) is 7.91. The van der Waals surface area contributed by atoms with Gasteiger partial charge in [-0.1, -0.05) is 37.2 Å². The van der Waals surface area contributed by atoms with E-state index in [0.29, 0.717) is 10.8 Å². The number of nitrogens with two attached hydrogens (primary N) is 1. The van der Waals surface area contributed by atoms with E-state index in [1.165, 1.54) is 0 Å². The van der Waals surface area contributed by atoms with E-state index in [-0.39, 0.29) is 5.84 Å². The molecule has 0 fully saturated rings. The molecule has 2 aromatic rings. The Bertz CT molecular complexity index is 613. The van der Waals surface area contributed by atoms with Crippen molar-refractivity contribution in [2.24, 2.45) is 10.9 Å². The minimum atomic E-state index is 0.101. The molecule has 1 aromatic carbocycles. The molecular weight excluding hydrogens is 258 g/mol. The quantitative estimate of drug-likeness (QED) is 0.295. The maximum Gasteiger partial charge on any atom is 0.172 e. The molecule has 1 unspecified atom stereocenters. The lowest BCUT2D eigenvalue weighted by molar-refractivity contribution is 0.318. The highest BCUT2D eigenvalue weighted by Gasteiger charge is 2.14. The lowest BCUT2D eigenvalue weighted by Gasteiger charge is -2.14. The number of amidine groups is 1. The molecule has 0 spiro atoms. The predicted octanol–water partition coefficient (Wildman–Crippen LogP) is 3.22. The third-order valence-corrected chi connectivity index (χ3v) is 4.41. The Kier molecular flexibility index (Phi) is 4.27. The molecule has 2 rings (SSSR count). The zero-order valence-corrected chi connectivity index (χ0v) is 11.8. The van der Waals surface area contributed by atoms with Gasteiger partial charge in [0.1, 0.15) is 0 Å². The van der Waals surface area contributed by atoms with Gasteiger partial charge in [-0.05, 0) is 12.5 Å². The summed E-state index contributed by atoms with van der Waals surface area (Å²) in [5.41, 5.74) is 7.36. The molecule has 0 aliphatic heterocycles. The number of fused-ring (bicyclic) bond motifs is 1. The van der Waals surface area contributed by atoms with Crippen molar-refractivity contribution < 1.29 is 5.21 Å². The molecule has 0 aliphatic rings. The standard InChI is InChI=1S/C14H17N3OS/c1-3-9(2)19-13-10-6-4-5-7-12(10)16-8-11(13)14(15)17-18/h4-9,18H,3H2,1-2H3,(H2,15,17). The van der Waals surface area contributed by atoms with Gasteiger partial charge in [-0.15, -0.1) is 11.8 Å². The van der Waals surface area contributed by atoms with Crippen molar-refractivity contribution in [3.63, 3.8) is 0 Å². The van der Waals surface area contributed by atoms with E-state index < -0.39 is 0 Å². The van der Waals surface area contributed by atoms with Crippen molar-refractivity contribution in [3.05, 3.63) is 36.0 Å². The molecule has 100 valence electrons. The molecule has 4 nitrogen and oxygen atoms in total. The Hall–Kier alpha value is -1.75. The largest absolute Gasteiger partial charge is 0.409 e. The van der Waals surface area contributed by atoms with Gasteiger partial charge in [0.2, 0.25) is 0 Å². The summed E-state index contributed by atoms with van der Waals surface area (Å²) in [4.78, 5) is 5.38. The minimum absolute atomic E-state index is 0.101. The Balaban J connectivity index is 2.64. The maximum absolute atomic E-state index is 8.90. The van der Waals surface area contributed by atoms with Crippen LogP contribution in [0, 0.1) is 0 Å². The van der Waals surface area contributed by atoms with Crippen molar-refractivity contribution in [1.82, 2.24) is 4.98 Å². The first kappa shape index (κ1) is 13.7. The summed E-state index contributed by atoms with van der Waals surface area (Å²) in [6.07, 6.45) is 2.72. The van der Waals surface area contributed by atoms with Crippen LogP contribution >= 0.6 is 11.8 Å². The van der Waals surface area contributed by atoms with Crippen molar-refractivity contribution in [3.8, 4) is 0 Å². The van der Waals surface area contributed by atoms with Crippen LogP contribution in [0.5, 0.6) is 0 Å². The van der Waals surface area contributed by atoms with Crippen molar-refractivity contribution in [2.75, 3.05) is 0 Å². The van der Waals surface area contributed by atoms with Crippen LogP contribution in [0.25, 0.3) is 10.9 Å². The average molecular weight is 275 g/mol. The first-order chi connectivity index (χ1) is 9.17. The Morgan fingerprint density at radius 2 is 2.21 bits per heavy atom. The van der Waals surface area contributed by atoms with Gasteiger partial charge in [-0.25, -0.2) is 0 Å². The van der Waals surface area contributed by atoms with Crippen LogP contribution < -0.4 is 5.73 Å². The Morgan fingerprint density at radius 1 is 1.47 bits per heavy atom. The Morgan fingerprint density at radius 3 is 2.89 bits per heavy atom. The summed E-state index contributed by atoms with van der Waals surface area (Å²) in [5, 5.41) is 13.5. The first-order valence-electron chi connectivity index (χ1n) is 6.19. The summed E-state index contributed by atoms with van der Waals surface area (Å²) < 4.78 is 0. The fourth-order valence-electron chi connectivity index (χ4n) is 1.76. The van der Waals surface area contributed by atoms with Gasteiger partial charge in [-0.3, -0.25) is 4.98 Å². The van der Waals surface area contributed by atoms with E-state index >= 15 is 0 Å². The van der Waals surface area contributed by atoms with E-state index in [1.54, 1.807) is 18.0 Å². The van der Waals surface area contributed by atoms with Crippen LogP contribution in [0.2, 0.25) is 0 Å². The minimum Gasteiger partial charge on any atom is -0.409 e. The van der Waals surface area contributed by atoms with Crippen molar-refractivity contribution >= 4 is 28.5 Å². The lowest BCUT2D eigenvalue weighted by atomic mass is 10.1. The molecule has 1 atom stereocenters. The lowest BCUT2D eigenvalue weighted by Crippen LogP contribution is -2.15. The maximum atomic E-state index is 8.90. The van der Waals surface area contributed by atoms with Gasteiger partial charge < -0.3 is 10.9 Å². The molecule has 0 saturated carbocycles. The normalized spacial score (nSPS) is 13.7. The zero-order chi connectivity index (χ0) is 13.8. The average Bonchev–Trinajstić information content (AvgIpc) is 2.46. The molecule has 0 saturated heterocycles. The second-order valence-electron chi connectivity index (χ2n) is 4.34. The molecule has 0 aliphatic carbocycles. The molecule has 1 heterocycles. The second kappa shape index (κ2) is 5.93. The van der Waals surface area contributed by atoms with Gasteiger partial charge in [0.05, 0.1) is 11.1 Å². The monoisotopic (exact) mass is 275 g/mol. The van der Waals surface area contributed by atoms with E-state index in [1.807, 2.05) is 24.3 Å². The molecule has 19 heavy (non-hydrogen) atoms. The topological polar surface area (TPSA) is 71.5 Å². The van der Waals surface area contributed by atoms with Gasteiger partial charge in [0, 0.05) is 21.7 Å². The van der Waals surface area contributed by atoms with Gasteiger partial charge in [-0.2, -0.15) is 0 Å².